The van der Waals surface area contributed by atoms with E-state index in [1.165, 1.54) is 6.42 Å². The van der Waals surface area contributed by atoms with E-state index in [1.807, 2.05) is 48.5 Å². The van der Waals surface area contributed by atoms with Crippen molar-refractivity contribution in [1.82, 2.24) is 25.2 Å². The smallest absolute Gasteiger partial charge is 0.247 e. The molecule has 1 aliphatic carbocycles. The molecular formula is C26H33N5O4. The topological polar surface area (TPSA) is 98.6 Å². The number of rotatable bonds is 10. The van der Waals surface area contributed by atoms with Gasteiger partial charge in [-0.25, -0.2) is 4.68 Å². The molecule has 9 heteroatoms. The first-order chi connectivity index (χ1) is 17.1. The molecule has 9 nitrogen and oxygen atoms in total. The van der Waals surface area contributed by atoms with Gasteiger partial charge in [0.15, 0.2) is 0 Å². The normalized spacial score (nSPS) is 15.0. The molecule has 2 amide bonds. The number of para-hydroxylation sites is 1. The SMILES string of the molecule is COCCN(C(=O)Cn1nnc2ccccc21)[C@@H](C(=O)NC1CCCCC1)c1cccc(OC)c1. The lowest BCUT2D eigenvalue weighted by atomic mass is 9.94. The van der Waals surface area contributed by atoms with Crippen LogP contribution in [0.15, 0.2) is 48.5 Å². The summed E-state index contributed by atoms with van der Waals surface area (Å²) in [5.74, 6) is 0.182. The summed E-state index contributed by atoms with van der Waals surface area (Å²) < 4.78 is 12.3. The van der Waals surface area contributed by atoms with Crippen LogP contribution in [-0.2, 0) is 20.9 Å². The molecule has 3 aromatic rings. The van der Waals surface area contributed by atoms with Crippen molar-refractivity contribution >= 4 is 22.8 Å². The van der Waals surface area contributed by atoms with E-state index in [9.17, 15) is 9.59 Å². The number of hydrogen-bond acceptors (Lipinski definition) is 6. The average Bonchev–Trinajstić information content (AvgIpc) is 3.29. The van der Waals surface area contributed by atoms with Crippen LogP contribution in [0, 0.1) is 0 Å². The van der Waals surface area contributed by atoms with Crippen LogP contribution >= 0.6 is 0 Å². The van der Waals surface area contributed by atoms with Crippen molar-refractivity contribution in [3.05, 3.63) is 54.1 Å². The standard InChI is InChI=1S/C26H33N5O4/c1-34-16-15-30(24(32)18-31-23-14-7-6-13-22(23)28-29-31)25(19-9-8-12-21(17-19)35-2)26(33)27-20-10-4-3-5-11-20/h6-9,12-14,17,20,25H,3-5,10-11,15-16,18H2,1-2H3,(H,27,33)/t25-/m1/s1. The summed E-state index contributed by atoms with van der Waals surface area (Å²) in [6.07, 6.45) is 5.29. The van der Waals surface area contributed by atoms with Gasteiger partial charge >= 0.3 is 0 Å². The summed E-state index contributed by atoms with van der Waals surface area (Å²) >= 11 is 0. The van der Waals surface area contributed by atoms with Gasteiger partial charge in [0.1, 0.15) is 23.9 Å². The molecule has 1 saturated carbocycles. The van der Waals surface area contributed by atoms with Crippen LogP contribution in [0.25, 0.3) is 11.0 Å². The molecule has 1 fully saturated rings. The van der Waals surface area contributed by atoms with Crippen LogP contribution in [0.5, 0.6) is 5.75 Å². The van der Waals surface area contributed by atoms with Gasteiger partial charge in [0.2, 0.25) is 11.8 Å². The number of fused-ring (bicyclic) bond motifs is 1. The Balaban J connectivity index is 1.66. The van der Waals surface area contributed by atoms with Gasteiger partial charge in [0.05, 0.1) is 19.2 Å². The van der Waals surface area contributed by atoms with Crippen molar-refractivity contribution in [1.29, 1.82) is 0 Å². The minimum atomic E-state index is -0.829. The molecule has 0 spiro atoms. The lowest BCUT2D eigenvalue weighted by Crippen LogP contribution is -2.48. The highest BCUT2D eigenvalue weighted by Crippen LogP contribution is 2.27. The van der Waals surface area contributed by atoms with Crippen LogP contribution < -0.4 is 10.1 Å². The number of hydrogen-bond donors (Lipinski definition) is 1. The molecular weight excluding hydrogens is 446 g/mol. The maximum atomic E-state index is 13.7. The zero-order valence-corrected chi connectivity index (χ0v) is 20.4. The van der Waals surface area contributed by atoms with Gasteiger partial charge in [-0.3, -0.25) is 9.59 Å². The summed E-state index contributed by atoms with van der Waals surface area (Å²) in [5.41, 5.74) is 2.16. The summed E-state index contributed by atoms with van der Waals surface area (Å²) in [7, 11) is 3.16. The molecule has 0 aliphatic heterocycles. The van der Waals surface area contributed by atoms with Crippen LogP contribution in [0.1, 0.15) is 43.7 Å². The molecule has 186 valence electrons. The van der Waals surface area contributed by atoms with E-state index in [0.717, 1.165) is 31.2 Å². The highest BCUT2D eigenvalue weighted by Gasteiger charge is 2.33. The first-order valence-corrected chi connectivity index (χ1v) is 12.1. The molecule has 1 aliphatic rings. The first kappa shape index (κ1) is 24.7. The monoisotopic (exact) mass is 479 g/mol. The van der Waals surface area contributed by atoms with Gasteiger partial charge in [0.25, 0.3) is 0 Å². The predicted molar refractivity (Wildman–Crippen MR) is 132 cm³/mol. The second-order valence-electron chi connectivity index (χ2n) is 8.84. The molecule has 0 bridgehead atoms. The maximum absolute atomic E-state index is 13.7. The van der Waals surface area contributed by atoms with Gasteiger partial charge in [-0.05, 0) is 42.7 Å². The van der Waals surface area contributed by atoms with E-state index in [2.05, 4.69) is 15.6 Å². The lowest BCUT2D eigenvalue weighted by molar-refractivity contribution is -0.142. The zero-order chi connectivity index (χ0) is 24.6. The van der Waals surface area contributed by atoms with Crippen molar-refractivity contribution in [3.8, 4) is 5.75 Å². The molecule has 0 saturated heterocycles. The predicted octanol–water partition coefficient (Wildman–Crippen LogP) is 3.11. The Hall–Kier alpha value is -3.46. The number of nitrogens with one attached hydrogen (secondary N) is 1. The van der Waals surface area contributed by atoms with E-state index >= 15 is 0 Å². The van der Waals surface area contributed by atoms with Crippen LogP contribution in [0.2, 0.25) is 0 Å². The molecule has 1 heterocycles. The van der Waals surface area contributed by atoms with Crippen LogP contribution in [0.3, 0.4) is 0 Å². The molecule has 2 aromatic carbocycles. The second kappa shape index (κ2) is 11.8. The minimum Gasteiger partial charge on any atom is -0.497 e. The number of methoxy groups -OCH3 is 2. The Morgan fingerprint density at radius 2 is 1.91 bits per heavy atom. The fourth-order valence-corrected chi connectivity index (χ4v) is 4.65. The molecule has 4 rings (SSSR count). The number of nitrogens with zero attached hydrogens (tertiary/aromatic N) is 4. The molecule has 1 aromatic heterocycles. The van der Waals surface area contributed by atoms with Gasteiger partial charge in [-0.2, -0.15) is 0 Å². The van der Waals surface area contributed by atoms with Crippen LogP contribution in [0.4, 0.5) is 0 Å². The number of carbonyl (C=O) groups excluding carboxylic acids is 2. The third-order valence-electron chi connectivity index (χ3n) is 6.48. The maximum Gasteiger partial charge on any atom is 0.247 e. The highest BCUT2D eigenvalue weighted by atomic mass is 16.5. The van der Waals surface area contributed by atoms with Gasteiger partial charge < -0.3 is 19.7 Å². The Labute approximate surface area is 205 Å². The Bertz CT molecular complexity index is 1140. The third-order valence-corrected chi connectivity index (χ3v) is 6.48. The number of benzene rings is 2. The Morgan fingerprint density at radius 1 is 1.11 bits per heavy atom. The van der Waals surface area contributed by atoms with E-state index < -0.39 is 6.04 Å². The summed E-state index contributed by atoms with van der Waals surface area (Å²) in [6.45, 7) is 0.504. The third kappa shape index (κ3) is 5.97. The van der Waals surface area contributed by atoms with Gasteiger partial charge in [-0.1, -0.05) is 48.7 Å². The fraction of sp³-hybridized carbons (Fsp3) is 0.462. The van der Waals surface area contributed by atoms with Crippen molar-refractivity contribution < 1.29 is 19.1 Å². The molecule has 1 N–H and O–H groups in total. The largest absolute Gasteiger partial charge is 0.497 e. The summed E-state index contributed by atoms with van der Waals surface area (Å²) in [5, 5.41) is 11.5. The zero-order valence-electron chi connectivity index (χ0n) is 20.4. The summed E-state index contributed by atoms with van der Waals surface area (Å²) in [4.78, 5) is 29.0. The van der Waals surface area contributed by atoms with E-state index in [0.29, 0.717) is 23.4 Å². The number of amides is 2. The quantitative estimate of drug-likeness (QED) is 0.480. The summed E-state index contributed by atoms with van der Waals surface area (Å²) in [6, 6.07) is 14.1. The molecule has 0 unspecified atom stereocenters. The number of carbonyl (C=O) groups is 2. The Kier molecular flexibility index (Phi) is 8.31. The molecule has 1 atom stereocenters. The molecule has 0 radical (unpaired) electrons. The van der Waals surface area contributed by atoms with E-state index in [4.69, 9.17) is 9.47 Å². The van der Waals surface area contributed by atoms with Crippen molar-refractivity contribution in [2.75, 3.05) is 27.4 Å². The Morgan fingerprint density at radius 3 is 2.69 bits per heavy atom. The lowest BCUT2D eigenvalue weighted by Gasteiger charge is -2.33. The van der Waals surface area contributed by atoms with Gasteiger partial charge in [-0.15, -0.1) is 5.10 Å². The van der Waals surface area contributed by atoms with Crippen molar-refractivity contribution in [2.24, 2.45) is 0 Å². The van der Waals surface area contributed by atoms with Crippen LogP contribution in [-0.4, -0.2) is 65.1 Å². The average molecular weight is 480 g/mol. The fourth-order valence-electron chi connectivity index (χ4n) is 4.65. The number of ether oxygens (including phenoxy) is 2. The second-order valence-corrected chi connectivity index (χ2v) is 8.84. The van der Waals surface area contributed by atoms with E-state index in [1.54, 1.807) is 23.8 Å². The van der Waals surface area contributed by atoms with Crippen molar-refractivity contribution in [2.45, 2.75) is 50.7 Å². The first-order valence-electron chi connectivity index (χ1n) is 12.1. The van der Waals surface area contributed by atoms with Gasteiger partial charge in [0, 0.05) is 19.7 Å². The highest BCUT2D eigenvalue weighted by molar-refractivity contribution is 5.89. The van der Waals surface area contributed by atoms with E-state index in [-0.39, 0.29) is 30.9 Å². The molecule has 35 heavy (non-hydrogen) atoms. The number of aromatic nitrogens is 3. The van der Waals surface area contributed by atoms with Crippen molar-refractivity contribution in [3.63, 3.8) is 0 Å². The minimum absolute atomic E-state index is 0.0403.